The molecular formula is C30H27Cl2F5IN3O3. The SMILES string of the molecule is CC(C)(C)C[C@@H]1N[C@@H](C(=O)O)[C@H](c2cccc(Cl)c2F)[C@@]1(C#N)c1ccc(Cl)cc1F.Nc1ccc(I)cc1OC(F)(F)F. The normalized spacial score (nSPS) is 21.6. The molecule has 0 bridgehead atoms. The first-order chi connectivity index (χ1) is 20.3. The van der Waals surface area contributed by atoms with E-state index in [1.165, 1.54) is 42.5 Å². The topological polar surface area (TPSA) is 108 Å². The quantitative estimate of drug-likeness (QED) is 0.137. The number of aliphatic carboxylic acids is 1. The van der Waals surface area contributed by atoms with E-state index in [1.54, 1.807) is 6.07 Å². The van der Waals surface area contributed by atoms with Crippen molar-refractivity contribution in [2.24, 2.45) is 5.41 Å². The zero-order valence-electron chi connectivity index (χ0n) is 23.4. The van der Waals surface area contributed by atoms with Gasteiger partial charge in [0.05, 0.1) is 16.8 Å². The molecule has 1 heterocycles. The lowest BCUT2D eigenvalue weighted by Gasteiger charge is -2.37. The van der Waals surface area contributed by atoms with Gasteiger partial charge in [0.2, 0.25) is 0 Å². The van der Waals surface area contributed by atoms with Crippen molar-refractivity contribution in [3.8, 4) is 11.8 Å². The molecule has 0 aromatic heterocycles. The van der Waals surface area contributed by atoms with Crippen LogP contribution < -0.4 is 15.8 Å². The molecule has 0 saturated carbocycles. The third-order valence-electron chi connectivity index (χ3n) is 6.92. The van der Waals surface area contributed by atoms with E-state index in [0.29, 0.717) is 9.99 Å². The fourth-order valence-electron chi connectivity index (χ4n) is 5.26. The summed E-state index contributed by atoms with van der Waals surface area (Å²) in [5, 5.41) is 23.4. The summed E-state index contributed by atoms with van der Waals surface area (Å²) in [6, 6.07) is 12.3. The van der Waals surface area contributed by atoms with Crippen molar-refractivity contribution in [1.29, 1.82) is 5.26 Å². The summed E-state index contributed by atoms with van der Waals surface area (Å²) in [4.78, 5) is 12.2. The van der Waals surface area contributed by atoms with E-state index in [9.17, 15) is 28.3 Å². The van der Waals surface area contributed by atoms with Gasteiger partial charge in [-0.2, -0.15) is 5.26 Å². The third kappa shape index (κ3) is 8.04. The van der Waals surface area contributed by atoms with Crippen LogP contribution in [0.4, 0.5) is 27.6 Å². The smallest absolute Gasteiger partial charge is 0.480 e. The number of carboxylic acid groups (broad SMARTS) is 1. The van der Waals surface area contributed by atoms with Crippen LogP contribution in [0.1, 0.15) is 44.2 Å². The Morgan fingerprint density at radius 2 is 1.80 bits per heavy atom. The van der Waals surface area contributed by atoms with Gasteiger partial charge in [0.1, 0.15) is 23.1 Å². The van der Waals surface area contributed by atoms with Crippen molar-refractivity contribution < 1.29 is 36.6 Å². The van der Waals surface area contributed by atoms with E-state index < -0.39 is 47.4 Å². The Morgan fingerprint density at radius 1 is 1.14 bits per heavy atom. The first-order valence-electron chi connectivity index (χ1n) is 12.9. The molecule has 1 aliphatic rings. The molecule has 0 aliphatic carbocycles. The highest BCUT2D eigenvalue weighted by Crippen LogP contribution is 2.52. The van der Waals surface area contributed by atoms with Crippen LogP contribution in [0.25, 0.3) is 0 Å². The molecule has 4 N–H and O–H groups in total. The van der Waals surface area contributed by atoms with Gasteiger partial charge in [-0.15, -0.1) is 13.2 Å². The summed E-state index contributed by atoms with van der Waals surface area (Å²) in [5.74, 6) is -4.45. The summed E-state index contributed by atoms with van der Waals surface area (Å²) < 4.78 is 70.0. The molecule has 3 aromatic rings. The van der Waals surface area contributed by atoms with Crippen molar-refractivity contribution in [3.63, 3.8) is 0 Å². The number of carbonyl (C=O) groups is 1. The van der Waals surface area contributed by atoms with Gasteiger partial charge in [-0.05, 0) is 76.4 Å². The molecule has 0 radical (unpaired) electrons. The highest BCUT2D eigenvalue weighted by molar-refractivity contribution is 14.1. The largest absolute Gasteiger partial charge is 0.573 e. The number of nitrogens with one attached hydrogen (secondary N) is 1. The summed E-state index contributed by atoms with van der Waals surface area (Å²) in [6.07, 6.45) is -4.36. The van der Waals surface area contributed by atoms with E-state index in [1.807, 2.05) is 43.4 Å². The van der Waals surface area contributed by atoms with Gasteiger partial charge in [0.15, 0.2) is 5.75 Å². The first-order valence-corrected chi connectivity index (χ1v) is 14.7. The molecular weight excluding hydrogens is 743 g/mol. The molecule has 0 spiro atoms. The van der Waals surface area contributed by atoms with Crippen molar-refractivity contribution in [1.82, 2.24) is 5.32 Å². The van der Waals surface area contributed by atoms with Crippen molar-refractivity contribution >= 4 is 57.4 Å². The molecule has 1 aliphatic heterocycles. The Kier molecular flexibility index (Phi) is 11.0. The van der Waals surface area contributed by atoms with Crippen LogP contribution in [-0.4, -0.2) is 29.5 Å². The number of hydrogen-bond donors (Lipinski definition) is 3. The lowest BCUT2D eigenvalue weighted by molar-refractivity contribution is -0.274. The van der Waals surface area contributed by atoms with Crippen molar-refractivity contribution in [2.45, 2.75) is 57.0 Å². The fourth-order valence-corrected chi connectivity index (χ4v) is 6.07. The summed E-state index contributed by atoms with van der Waals surface area (Å²) >= 11 is 13.8. The molecule has 236 valence electrons. The standard InChI is InChI=1S/C23H22Cl2F2N2O2.C7H5F3INO/c1-22(2,3)10-17-23(11-28,14-8-7-12(24)9-16(14)26)18(20(29-17)21(30)31)13-5-4-6-15(25)19(13)27;8-7(9,10)13-6-3-4(11)1-2-5(6)12/h4-9,17-18,20,29H,10H2,1-3H3,(H,30,31);1-3H,12H2/t17-,18-,20+,23-;/m0./s1. The highest BCUT2D eigenvalue weighted by Gasteiger charge is 2.61. The second-order valence-corrected chi connectivity index (χ2v) is 13.3. The number of nitrogen functional groups attached to an aromatic ring is 1. The average Bonchev–Trinajstić information content (AvgIpc) is 3.20. The van der Waals surface area contributed by atoms with E-state index >= 15 is 8.78 Å². The van der Waals surface area contributed by atoms with Gasteiger partial charge in [0.25, 0.3) is 0 Å². The van der Waals surface area contributed by atoms with Gasteiger partial charge >= 0.3 is 12.3 Å². The lowest BCUT2D eigenvalue weighted by Crippen LogP contribution is -2.44. The minimum atomic E-state index is -4.70. The van der Waals surface area contributed by atoms with Gasteiger partial charge in [-0.25, -0.2) is 8.78 Å². The van der Waals surface area contributed by atoms with Crippen LogP contribution in [0.5, 0.6) is 5.75 Å². The molecule has 3 aromatic carbocycles. The maximum absolute atomic E-state index is 15.2. The van der Waals surface area contributed by atoms with Crippen molar-refractivity contribution in [3.05, 3.63) is 91.0 Å². The predicted octanol–water partition coefficient (Wildman–Crippen LogP) is 8.45. The van der Waals surface area contributed by atoms with Crippen LogP contribution in [0.3, 0.4) is 0 Å². The summed E-state index contributed by atoms with van der Waals surface area (Å²) in [5.41, 5.74) is 3.08. The van der Waals surface area contributed by atoms with Crippen LogP contribution in [0, 0.1) is 32.0 Å². The number of benzene rings is 3. The summed E-state index contributed by atoms with van der Waals surface area (Å²) in [6.45, 7) is 5.79. The molecule has 14 heteroatoms. The molecule has 44 heavy (non-hydrogen) atoms. The minimum absolute atomic E-state index is 0.0299. The van der Waals surface area contributed by atoms with Crippen LogP contribution in [-0.2, 0) is 10.2 Å². The number of nitrogens with zero attached hydrogens (tertiary/aromatic N) is 1. The highest BCUT2D eigenvalue weighted by atomic mass is 127. The molecule has 4 atom stereocenters. The first kappa shape index (κ1) is 35.6. The second-order valence-electron chi connectivity index (χ2n) is 11.3. The number of anilines is 1. The summed E-state index contributed by atoms with van der Waals surface area (Å²) in [7, 11) is 0. The Morgan fingerprint density at radius 3 is 2.34 bits per heavy atom. The Balaban J connectivity index is 0.000000340. The second kappa shape index (κ2) is 13.6. The zero-order valence-corrected chi connectivity index (χ0v) is 27.1. The maximum atomic E-state index is 15.2. The third-order valence-corrected chi connectivity index (χ3v) is 8.11. The molecule has 1 saturated heterocycles. The van der Waals surface area contributed by atoms with Crippen LogP contribution in [0.2, 0.25) is 10.0 Å². The molecule has 4 rings (SSSR count). The van der Waals surface area contributed by atoms with Gasteiger partial charge in [-0.1, -0.05) is 62.2 Å². The van der Waals surface area contributed by atoms with Crippen LogP contribution >= 0.6 is 45.8 Å². The van der Waals surface area contributed by atoms with E-state index in [2.05, 4.69) is 16.1 Å². The van der Waals surface area contributed by atoms with E-state index in [4.69, 9.17) is 28.9 Å². The van der Waals surface area contributed by atoms with Gasteiger partial charge in [-0.3, -0.25) is 10.1 Å². The van der Waals surface area contributed by atoms with Crippen LogP contribution in [0.15, 0.2) is 54.6 Å². The lowest BCUT2D eigenvalue weighted by atomic mass is 9.62. The number of nitrogens with two attached hydrogens (primary N) is 1. The Labute approximate surface area is 274 Å². The molecule has 0 unspecified atom stereocenters. The Hall–Kier alpha value is -2.86. The molecule has 6 nitrogen and oxygen atoms in total. The number of halogens is 8. The monoisotopic (exact) mass is 769 g/mol. The van der Waals surface area contributed by atoms with E-state index in [0.717, 1.165) is 6.07 Å². The maximum Gasteiger partial charge on any atom is 0.573 e. The fraction of sp³-hybridized carbons (Fsp3) is 0.333. The number of ether oxygens (including phenoxy) is 1. The predicted molar refractivity (Wildman–Crippen MR) is 166 cm³/mol. The number of nitriles is 1. The van der Waals surface area contributed by atoms with Gasteiger partial charge in [0, 0.05) is 26.1 Å². The molecule has 0 amide bonds. The number of rotatable bonds is 5. The zero-order chi connectivity index (χ0) is 33.2. The molecule has 1 fully saturated rings. The average molecular weight is 770 g/mol. The van der Waals surface area contributed by atoms with Gasteiger partial charge < -0.3 is 15.6 Å². The Bertz CT molecular complexity index is 1580. The van der Waals surface area contributed by atoms with E-state index in [-0.39, 0.29) is 38.0 Å². The number of alkyl halides is 3. The van der Waals surface area contributed by atoms with Crippen molar-refractivity contribution in [2.75, 3.05) is 5.73 Å². The number of carboxylic acids is 1. The number of hydrogen-bond acceptors (Lipinski definition) is 5. The minimum Gasteiger partial charge on any atom is -0.480 e.